The molecule has 0 amide bonds. The Morgan fingerprint density at radius 1 is 0.962 bits per heavy atom. The number of para-hydroxylation sites is 2. The van der Waals surface area contributed by atoms with Gasteiger partial charge < -0.3 is 10.0 Å². The fraction of sp³-hybridized carbons (Fsp3) is 0.400. The summed E-state index contributed by atoms with van der Waals surface area (Å²) in [6.07, 6.45) is 3.22. The summed E-state index contributed by atoms with van der Waals surface area (Å²) in [5.41, 5.74) is 1.93. The first-order valence-corrected chi connectivity index (χ1v) is 10.6. The highest BCUT2D eigenvalue weighted by atomic mass is 32.2. The summed E-state index contributed by atoms with van der Waals surface area (Å²) in [5, 5.41) is 9.98. The summed E-state index contributed by atoms with van der Waals surface area (Å²) in [6, 6.07) is 14.4. The maximum Gasteiger partial charge on any atom is 0.243 e. The predicted molar refractivity (Wildman–Crippen MR) is 104 cm³/mol. The van der Waals surface area contributed by atoms with Gasteiger partial charge in [0.25, 0.3) is 0 Å². The Kier molecular flexibility index (Phi) is 5.84. The van der Waals surface area contributed by atoms with Crippen molar-refractivity contribution in [3.63, 3.8) is 0 Å². The van der Waals surface area contributed by atoms with E-state index in [1.807, 2.05) is 29.2 Å². The van der Waals surface area contributed by atoms with Crippen molar-refractivity contribution in [2.75, 3.05) is 31.1 Å². The van der Waals surface area contributed by atoms with Crippen LogP contribution in [0.2, 0.25) is 0 Å². The van der Waals surface area contributed by atoms with Gasteiger partial charge >= 0.3 is 0 Å². The summed E-state index contributed by atoms with van der Waals surface area (Å²) in [7, 11) is -3.47. The zero-order valence-electron chi connectivity index (χ0n) is 15.1. The summed E-state index contributed by atoms with van der Waals surface area (Å²) in [6.45, 7) is 4.09. The van der Waals surface area contributed by atoms with Crippen LogP contribution < -0.4 is 4.90 Å². The van der Waals surface area contributed by atoms with Crippen LogP contribution in [0.4, 0.5) is 5.69 Å². The molecule has 5 nitrogen and oxygen atoms in total. The van der Waals surface area contributed by atoms with Crippen LogP contribution in [0.25, 0.3) is 0 Å². The number of benzene rings is 2. The highest BCUT2D eigenvalue weighted by Gasteiger charge is 2.29. The Hall–Kier alpha value is -2.05. The van der Waals surface area contributed by atoms with Gasteiger partial charge in [0.1, 0.15) is 5.75 Å². The summed E-state index contributed by atoms with van der Waals surface area (Å²) < 4.78 is 27.3. The lowest BCUT2D eigenvalue weighted by molar-refractivity contribution is 0.382. The lowest BCUT2D eigenvalue weighted by Gasteiger charge is -2.35. The van der Waals surface area contributed by atoms with Crippen LogP contribution >= 0.6 is 0 Å². The average Bonchev–Trinajstić information content (AvgIpc) is 2.67. The molecule has 26 heavy (non-hydrogen) atoms. The molecule has 2 aromatic carbocycles. The SMILES string of the molecule is CCCCc1ccc(S(=O)(=O)N2CCN(c3ccccc3O)CC2)cc1. The second-order valence-electron chi connectivity index (χ2n) is 6.63. The van der Waals surface area contributed by atoms with Gasteiger partial charge in [-0.2, -0.15) is 4.31 Å². The van der Waals surface area contributed by atoms with E-state index >= 15 is 0 Å². The first kappa shape index (κ1) is 18.7. The summed E-state index contributed by atoms with van der Waals surface area (Å²) >= 11 is 0. The maximum atomic E-state index is 12.9. The number of unbranched alkanes of at least 4 members (excludes halogenated alkanes) is 1. The number of nitrogens with zero attached hydrogens (tertiary/aromatic N) is 2. The Balaban J connectivity index is 1.67. The number of anilines is 1. The lowest BCUT2D eigenvalue weighted by atomic mass is 10.1. The number of sulfonamides is 1. The average molecular weight is 375 g/mol. The monoisotopic (exact) mass is 374 g/mol. The highest BCUT2D eigenvalue weighted by molar-refractivity contribution is 7.89. The number of piperazine rings is 1. The second kappa shape index (κ2) is 8.10. The minimum atomic E-state index is -3.47. The van der Waals surface area contributed by atoms with Crippen LogP contribution in [-0.2, 0) is 16.4 Å². The molecule has 1 aliphatic rings. The van der Waals surface area contributed by atoms with E-state index in [-0.39, 0.29) is 5.75 Å². The third-order valence-electron chi connectivity index (χ3n) is 4.84. The first-order valence-electron chi connectivity index (χ1n) is 9.14. The number of phenols is 1. The van der Waals surface area contributed by atoms with E-state index in [2.05, 4.69) is 6.92 Å². The van der Waals surface area contributed by atoms with Crippen molar-refractivity contribution in [3.8, 4) is 5.75 Å². The van der Waals surface area contributed by atoms with Crippen molar-refractivity contribution in [2.24, 2.45) is 0 Å². The Labute approximate surface area is 155 Å². The molecule has 2 aromatic rings. The summed E-state index contributed by atoms with van der Waals surface area (Å²) in [4.78, 5) is 2.38. The van der Waals surface area contributed by atoms with Crippen LogP contribution in [0.1, 0.15) is 25.3 Å². The van der Waals surface area contributed by atoms with E-state index in [4.69, 9.17) is 0 Å². The third-order valence-corrected chi connectivity index (χ3v) is 6.75. The van der Waals surface area contributed by atoms with Crippen LogP contribution in [-0.4, -0.2) is 44.0 Å². The van der Waals surface area contributed by atoms with Crippen LogP contribution in [0.3, 0.4) is 0 Å². The predicted octanol–water partition coefficient (Wildman–Crippen LogP) is 3.25. The molecule has 0 radical (unpaired) electrons. The minimum absolute atomic E-state index is 0.228. The van der Waals surface area contributed by atoms with Gasteiger partial charge in [-0.1, -0.05) is 37.6 Å². The zero-order chi connectivity index (χ0) is 18.6. The fourth-order valence-electron chi connectivity index (χ4n) is 3.26. The lowest BCUT2D eigenvalue weighted by Crippen LogP contribution is -2.48. The van der Waals surface area contributed by atoms with Crippen molar-refractivity contribution in [2.45, 2.75) is 31.1 Å². The molecule has 1 N–H and O–H groups in total. The molecule has 1 saturated heterocycles. The number of aryl methyl sites for hydroxylation is 1. The summed E-state index contributed by atoms with van der Waals surface area (Å²) in [5.74, 6) is 0.228. The van der Waals surface area contributed by atoms with Crippen molar-refractivity contribution < 1.29 is 13.5 Å². The first-order chi connectivity index (χ1) is 12.5. The molecule has 140 valence electrons. The van der Waals surface area contributed by atoms with E-state index in [0.29, 0.717) is 31.1 Å². The van der Waals surface area contributed by atoms with Crippen LogP contribution in [0.15, 0.2) is 53.4 Å². The maximum absolute atomic E-state index is 12.9. The second-order valence-corrected chi connectivity index (χ2v) is 8.57. The van der Waals surface area contributed by atoms with Gasteiger partial charge in [-0.25, -0.2) is 8.42 Å². The highest BCUT2D eigenvalue weighted by Crippen LogP contribution is 2.28. The number of phenolic OH excluding ortho intramolecular Hbond substituents is 1. The van der Waals surface area contributed by atoms with E-state index in [9.17, 15) is 13.5 Å². The topological polar surface area (TPSA) is 60.9 Å². The van der Waals surface area contributed by atoms with Crippen molar-refractivity contribution in [1.29, 1.82) is 0 Å². The van der Waals surface area contributed by atoms with Gasteiger partial charge in [-0.05, 0) is 42.7 Å². The van der Waals surface area contributed by atoms with Crippen molar-refractivity contribution >= 4 is 15.7 Å². The van der Waals surface area contributed by atoms with E-state index in [1.165, 1.54) is 9.87 Å². The Morgan fingerprint density at radius 3 is 2.23 bits per heavy atom. The van der Waals surface area contributed by atoms with Gasteiger partial charge in [-0.3, -0.25) is 0 Å². The number of aromatic hydroxyl groups is 1. The van der Waals surface area contributed by atoms with Crippen LogP contribution in [0.5, 0.6) is 5.75 Å². The third kappa shape index (κ3) is 4.02. The quantitative estimate of drug-likeness (QED) is 0.843. The number of rotatable bonds is 6. The molecule has 0 aromatic heterocycles. The normalized spacial score (nSPS) is 16.0. The number of hydrogen-bond acceptors (Lipinski definition) is 4. The van der Waals surface area contributed by atoms with Gasteiger partial charge in [-0.15, -0.1) is 0 Å². The molecule has 0 aliphatic carbocycles. The molecule has 0 atom stereocenters. The number of hydrogen-bond donors (Lipinski definition) is 1. The molecular weight excluding hydrogens is 348 g/mol. The molecule has 0 spiro atoms. The molecule has 0 unspecified atom stereocenters. The molecule has 1 aliphatic heterocycles. The molecule has 0 saturated carbocycles. The Morgan fingerprint density at radius 2 is 1.62 bits per heavy atom. The minimum Gasteiger partial charge on any atom is -0.506 e. The van der Waals surface area contributed by atoms with Gasteiger partial charge in [0, 0.05) is 26.2 Å². The van der Waals surface area contributed by atoms with Crippen LogP contribution in [0, 0.1) is 0 Å². The van der Waals surface area contributed by atoms with Crippen molar-refractivity contribution in [3.05, 3.63) is 54.1 Å². The van der Waals surface area contributed by atoms with Gasteiger partial charge in [0.05, 0.1) is 10.6 Å². The van der Waals surface area contributed by atoms with E-state index < -0.39 is 10.0 Å². The van der Waals surface area contributed by atoms with Crippen molar-refractivity contribution in [1.82, 2.24) is 4.31 Å². The smallest absolute Gasteiger partial charge is 0.243 e. The molecule has 6 heteroatoms. The standard InChI is InChI=1S/C20H26N2O3S/c1-2-3-6-17-9-11-18(12-10-17)26(24,25)22-15-13-21(14-16-22)19-7-4-5-8-20(19)23/h4-5,7-12,23H,2-3,6,13-16H2,1H3. The van der Waals surface area contributed by atoms with E-state index in [0.717, 1.165) is 24.9 Å². The molecule has 3 rings (SSSR count). The molecule has 0 bridgehead atoms. The van der Waals surface area contributed by atoms with Gasteiger partial charge in [0.15, 0.2) is 0 Å². The molecular formula is C20H26N2O3S. The Bertz CT molecular complexity index is 826. The molecule has 1 heterocycles. The largest absolute Gasteiger partial charge is 0.506 e. The van der Waals surface area contributed by atoms with Gasteiger partial charge in [0.2, 0.25) is 10.0 Å². The van der Waals surface area contributed by atoms with E-state index in [1.54, 1.807) is 24.3 Å². The molecule has 1 fully saturated rings. The zero-order valence-corrected chi connectivity index (χ0v) is 16.0. The fourth-order valence-corrected chi connectivity index (χ4v) is 4.68.